The molecule has 0 radical (unpaired) electrons. The fourth-order valence-corrected chi connectivity index (χ4v) is 3.18. The average Bonchev–Trinajstić information content (AvgIpc) is 2.67. The number of halogens is 1. The summed E-state index contributed by atoms with van der Waals surface area (Å²) < 4.78 is 0. The Labute approximate surface area is 174 Å². The molecule has 154 valence electrons. The van der Waals surface area contributed by atoms with Crippen LogP contribution in [-0.4, -0.2) is 21.8 Å². The van der Waals surface area contributed by atoms with Crippen molar-refractivity contribution in [1.82, 2.24) is 10.6 Å². The van der Waals surface area contributed by atoms with Gasteiger partial charge in [-0.05, 0) is 24.6 Å². The number of amides is 3. The zero-order valence-electron chi connectivity index (χ0n) is 15.3. The molecule has 1 heterocycles. The van der Waals surface area contributed by atoms with Gasteiger partial charge in [0.1, 0.15) is 5.02 Å². The van der Waals surface area contributed by atoms with Gasteiger partial charge >= 0.3 is 6.03 Å². The van der Waals surface area contributed by atoms with Crippen molar-refractivity contribution in [1.29, 1.82) is 0 Å². The number of carbonyl (C=O) groups excluding carboxylic acids is 2. The van der Waals surface area contributed by atoms with Crippen molar-refractivity contribution >= 4 is 40.6 Å². The number of nitro groups is 2. The van der Waals surface area contributed by atoms with Crippen molar-refractivity contribution in [3.63, 3.8) is 0 Å². The van der Waals surface area contributed by atoms with E-state index in [4.69, 9.17) is 11.6 Å². The van der Waals surface area contributed by atoms with Gasteiger partial charge in [0.2, 0.25) is 0 Å². The molecule has 3 rings (SSSR count). The molecule has 0 aliphatic carbocycles. The summed E-state index contributed by atoms with van der Waals surface area (Å²) in [6, 6.07) is 7.67. The molecule has 3 N–H and O–H groups in total. The molecule has 0 fully saturated rings. The molecule has 0 spiro atoms. The minimum Gasteiger partial charge on any atom is -0.327 e. The molecule has 0 bridgehead atoms. The van der Waals surface area contributed by atoms with Gasteiger partial charge in [-0.1, -0.05) is 23.7 Å². The molecule has 1 aliphatic heterocycles. The number of nitrogens with zero attached hydrogens (tertiary/aromatic N) is 2. The molecule has 0 aromatic heterocycles. The first-order valence-electron chi connectivity index (χ1n) is 8.45. The number of allylic oxidation sites excluding steroid dienone is 1. The maximum Gasteiger partial charge on any atom is 0.319 e. The molecular weight excluding hydrogens is 418 g/mol. The van der Waals surface area contributed by atoms with Gasteiger partial charge in [-0.15, -0.1) is 0 Å². The number of anilines is 1. The smallest absolute Gasteiger partial charge is 0.319 e. The normalized spacial score (nSPS) is 15.8. The van der Waals surface area contributed by atoms with Crippen LogP contribution in [0.4, 0.5) is 21.9 Å². The van der Waals surface area contributed by atoms with Crippen LogP contribution in [0.25, 0.3) is 0 Å². The zero-order chi connectivity index (χ0) is 22.0. The number of hydrogen-bond donors (Lipinski definition) is 3. The van der Waals surface area contributed by atoms with Crippen LogP contribution in [-0.2, 0) is 4.79 Å². The van der Waals surface area contributed by atoms with Crippen LogP contribution in [0.15, 0.2) is 53.7 Å². The monoisotopic (exact) mass is 431 g/mol. The summed E-state index contributed by atoms with van der Waals surface area (Å²) >= 11 is 5.85. The van der Waals surface area contributed by atoms with E-state index in [0.29, 0.717) is 0 Å². The van der Waals surface area contributed by atoms with Crippen molar-refractivity contribution in [2.45, 2.75) is 13.0 Å². The van der Waals surface area contributed by atoms with E-state index in [1.54, 1.807) is 0 Å². The quantitative estimate of drug-likeness (QED) is 0.486. The predicted molar refractivity (Wildman–Crippen MR) is 107 cm³/mol. The van der Waals surface area contributed by atoms with Gasteiger partial charge in [0.05, 0.1) is 21.5 Å². The van der Waals surface area contributed by atoms with Crippen molar-refractivity contribution in [2.75, 3.05) is 5.32 Å². The van der Waals surface area contributed by atoms with Gasteiger partial charge in [-0.25, -0.2) is 4.79 Å². The Morgan fingerprint density at radius 1 is 1.13 bits per heavy atom. The highest BCUT2D eigenvalue weighted by atomic mass is 35.5. The molecular formula is C18H14ClN5O6. The van der Waals surface area contributed by atoms with Crippen LogP contribution in [0.5, 0.6) is 0 Å². The average molecular weight is 432 g/mol. The standard InChI is InChI=1S/C18H14ClN5O6/c1-9-15(17(25)21-11-3-2-4-12(8-11)23(27)28)16(22-18(26)20-9)10-5-6-13(19)14(7-10)24(29)30/h2-8,16H,1H3,(H,21,25)(H2,20,22,26). The first kappa shape index (κ1) is 20.7. The largest absolute Gasteiger partial charge is 0.327 e. The Morgan fingerprint density at radius 3 is 2.53 bits per heavy atom. The summed E-state index contributed by atoms with van der Waals surface area (Å²) in [5.74, 6) is -0.650. The molecule has 1 aliphatic rings. The SMILES string of the molecule is CC1=C(C(=O)Nc2cccc([N+](=O)[O-])c2)C(c2ccc(Cl)c([N+](=O)[O-])c2)NC(=O)N1. The third-order valence-electron chi connectivity index (χ3n) is 4.33. The van der Waals surface area contributed by atoms with Crippen molar-refractivity contribution in [3.05, 3.63) is 84.5 Å². The van der Waals surface area contributed by atoms with E-state index >= 15 is 0 Å². The van der Waals surface area contributed by atoms with E-state index in [-0.39, 0.29) is 38.9 Å². The molecule has 11 nitrogen and oxygen atoms in total. The van der Waals surface area contributed by atoms with E-state index in [0.717, 1.165) is 0 Å². The number of hydrogen-bond acceptors (Lipinski definition) is 6. The molecule has 0 saturated heterocycles. The van der Waals surface area contributed by atoms with Crippen LogP contribution in [0.1, 0.15) is 18.5 Å². The molecule has 3 amide bonds. The third-order valence-corrected chi connectivity index (χ3v) is 4.65. The predicted octanol–water partition coefficient (Wildman–Crippen LogP) is 3.42. The van der Waals surface area contributed by atoms with Crippen LogP contribution in [0.3, 0.4) is 0 Å². The molecule has 1 atom stereocenters. The molecule has 30 heavy (non-hydrogen) atoms. The van der Waals surface area contributed by atoms with E-state index < -0.39 is 27.8 Å². The highest BCUT2D eigenvalue weighted by Crippen LogP contribution is 2.33. The van der Waals surface area contributed by atoms with Gasteiger partial charge in [0.25, 0.3) is 17.3 Å². The topological polar surface area (TPSA) is 157 Å². The summed E-state index contributed by atoms with van der Waals surface area (Å²) in [6.45, 7) is 1.50. The van der Waals surface area contributed by atoms with Crippen LogP contribution < -0.4 is 16.0 Å². The van der Waals surface area contributed by atoms with Gasteiger partial charge in [-0.2, -0.15) is 0 Å². The second-order valence-electron chi connectivity index (χ2n) is 6.30. The number of non-ortho nitro benzene ring substituents is 1. The Hall–Kier alpha value is -3.99. The van der Waals surface area contributed by atoms with Gasteiger partial charge in [0.15, 0.2) is 0 Å². The van der Waals surface area contributed by atoms with E-state index in [1.807, 2.05) is 0 Å². The molecule has 0 saturated carbocycles. The number of nitrogens with one attached hydrogen (secondary N) is 3. The molecule has 2 aromatic carbocycles. The summed E-state index contributed by atoms with van der Waals surface area (Å²) in [4.78, 5) is 45.8. The van der Waals surface area contributed by atoms with Crippen molar-refractivity contribution in [3.8, 4) is 0 Å². The maximum absolute atomic E-state index is 12.9. The van der Waals surface area contributed by atoms with E-state index in [2.05, 4.69) is 16.0 Å². The summed E-state index contributed by atoms with van der Waals surface area (Å²) in [5, 5.41) is 29.6. The lowest BCUT2D eigenvalue weighted by molar-refractivity contribution is -0.384. The lowest BCUT2D eigenvalue weighted by Gasteiger charge is -2.28. The van der Waals surface area contributed by atoms with Crippen molar-refractivity contribution in [2.24, 2.45) is 0 Å². The number of rotatable bonds is 5. The first-order valence-corrected chi connectivity index (χ1v) is 8.83. The number of nitro benzene ring substituents is 2. The van der Waals surface area contributed by atoms with Crippen LogP contribution in [0.2, 0.25) is 5.02 Å². The van der Waals surface area contributed by atoms with Crippen molar-refractivity contribution < 1.29 is 19.4 Å². The zero-order valence-corrected chi connectivity index (χ0v) is 16.1. The second-order valence-corrected chi connectivity index (χ2v) is 6.71. The van der Waals surface area contributed by atoms with E-state index in [1.165, 1.54) is 49.4 Å². The summed E-state index contributed by atoms with van der Waals surface area (Å²) in [7, 11) is 0. The lowest BCUT2D eigenvalue weighted by Crippen LogP contribution is -2.46. The molecule has 2 aromatic rings. The highest BCUT2D eigenvalue weighted by Gasteiger charge is 2.32. The highest BCUT2D eigenvalue weighted by molar-refractivity contribution is 6.32. The summed E-state index contributed by atoms with van der Waals surface area (Å²) in [6.07, 6.45) is 0. The minimum absolute atomic E-state index is 0.0812. The molecule has 1 unspecified atom stereocenters. The summed E-state index contributed by atoms with van der Waals surface area (Å²) in [5.41, 5.74) is 0.162. The van der Waals surface area contributed by atoms with Gasteiger partial charge < -0.3 is 16.0 Å². The molecule has 12 heteroatoms. The van der Waals surface area contributed by atoms with E-state index in [9.17, 15) is 29.8 Å². The Morgan fingerprint density at radius 2 is 1.87 bits per heavy atom. The second kappa shape index (κ2) is 8.17. The van der Waals surface area contributed by atoms with Gasteiger partial charge in [-0.3, -0.25) is 25.0 Å². The van der Waals surface area contributed by atoms with Crippen LogP contribution in [0, 0.1) is 20.2 Å². The fourth-order valence-electron chi connectivity index (χ4n) is 2.99. The number of benzene rings is 2. The Balaban J connectivity index is 1.99. The number of urea groups is 1. The first-order chi connectivity index (χ1) is 14.2. The maximum atomic E-state index is 12.9. The number of carbonyl (C=O) groups is 2. The third kappa shape index (κ3) is 4.20. The van der Waals surface area contributed by atoms with Crippen LogP contribution >= 0.6 is 11.6 Å². The fraction of sp³-hybridized carbons (Fsp3) is 0.111. The Kier molecular flexibility index (Phi) is 5.65. The Bertz CT molecular complexity index is 1120. The lowest BCUT2D eigenvalue weighted by atomic mass is 9.94. The minimum atomic E-state index is -1.01. The van der Waals surface area contributed by atoms with Gasteiger partial charge in [0, 0.05) is 29.6 Å².